The number of aryl methyl sites for hydroxylation is 4. The van der Waals surface area contributed by atoms with E-state index < -0.39 is 0 Å². The van der Waals surface area contributed by atoms with Crippen LogP contribution >= 0.6 is 86.7 Å². The number of hydrogen-bond acceptors (Lipinski definition) is 17. The summed E-state index contributed by atoms with van der Waals surface area (Å²) in [5.74, 6) is 1.77. The van der Waals surface area contributed by atoms with Crippen LogP contribution in [0.25, 0.3) is 61.4 Å². The number of anilines is 4. The first-order valence-electron chi connectivity index (χ1n) is 32.8. The van der Waals surface area contributed by atoms with Crippen LogP contribution in [0.3, 0.4) is 0 Å². The topological polar surface area (TPSA) is 228 Å². The molecule has 1 amide bonds. The van der Waals surface area contributed by atoms with E-state index in [1.54, 1.807) is 45.8 Å². The summed E-state index contributed by atoms with van der Waals surface area (Å²) in [6.07, 6.45) is 15.7. The van der Waals surface area contributed by atoms with Gasteiger partial charge in [-0.3, -0.25) is 24.5 Å². The summed E-state index contributed by atoms with van der Waals surface area (Å²) < 4.78 is 14.9. The Bertz CT molecular complexity index is 5110. The largest absolute Gasteiger partial charge is 0.363 e. The monoisotopic (exact) mass is 1630 g/mol. The zero-order valence-corrected chi connectivity index (χ0v) is 65.2. The SMILES string of the molecule is CC(=O)Nc1nc(C)c(-c2cc(C(C)=O)n(-c3ccc(Br)cc3)n2)s1.CCCOCn1ccc(-c2cc(Nc3cnccn3)nc(N[C@@H](C)c3ccc(C)cc3)c2)n1.Cc1ccc(-c2nn(-c3ccccc3)cc2I)cn1.Cc1ccc(-c2nn(-c3ccccc3)cc2Sc2ccc(Cl)cc2)cn1.S. The summed E-state index contributed by atoms with van der Waals surface area (Å²) in [5, 5.41) is 29.4. The van der Waals surface area contributed by atoms with E-state index >= 15 is 0 Å². The third kappa shape index (κ3) is 21.1. The summed E-state index contributed by atoms with van der Waals surface area (Å²) in [7, 11) is 0. The van der Waals surface area contributed by atoms with Gasteiger partial charge in [0.05, 0.1) is 48.0 Å². The maximum absolute atomic E-state index is 12.0. The van der Waals surface area contributed by atoms with Gasteiger partial charge in [0.1, 0.15) is 47.0 Å². The highest BCUT2D eigenvalue weighted by atomic mass is 127. The average molecular weight is 1640 g/mol. The molecule has 104 heavy (non-hydrogen) atoms. The van der Waals surface area contributed by atoms with Gasteiger partial charge in [0, 0.05) is 112 Å². The second-order valence-corrected chi connectivity index (χ2v) is 28.2. The molecule has 0 saturated heterocycles. The zero-order valence-electron chi connectivity index (χ0n) is 58.1. The molecule has 9 aromatic heterocycles. The molecule has 0 bridgehead atoms. The van der Waals surface area contributed by atoms with Gasteiger partial charge in [-0.1, -0.05) is 124 Å². The van der Waals surface area contributed by atoms with E-state index in [0.717, 1.165) is 108 Å². The Labute approximate surface area is 646 Å². The van der Waals surface area contributed by atoms with Gasteiger partial charge in [-0.2, -0.15) is 33.9 Å². The third-order valence-corrected chi connectivity index (χ3v) is 19.0. The number of rotatable bonds is 20. The number of halogens is 3. The normalized spacial score (nSPS) is 11.0. The number of benzene rings is 5. The second-order valence-electron chi connectivity index (χ2n) is 23.5. The first-order chi connectivity index (χ1) is 49.9. The molecule has 0 radical (unpaired) electrons. The van der Waals surface area contributed by atoms with Gasteiger partial charge in [0.25, 0.3) is 0 Å². The first kappa shape index (κ1) is 76.6. The van der Waals surface area contributed by atoms with Crippen molar-refractivity contribution in [3.05, 3.63) is 279 Å². The number of carbonyl (C=O) groups excluding carboxylic acids is 2. The number of ether oxygens (including phenoxy) is 1. The molecule has 1 atom stereocenters. The van der Waals surface area contributed by atoms with Gasteiger partial charge in [-0.15, -0.1) is 0 Å². The van der Waals surface area contributed by atoms with Gasteiger partial charge in [0.2, 0.25) is 5.91 Å². The summed E-state index contributed by atoms with van der Waals surface area (Å²) >= 11 is 14.7. The van der Waals surface area contributed by atoms with E-state index in [9.17, 15) is 9.59 Å². The van der Waals surface area contributed by atoms with Gasteiger partial charge in [-0.05, 0) is 191 Å². The fourth-order valence-electron chi connectivity index (χ4n) is 10.2. The maximum atomic E-state index is 12.0. The number of nitrogens with one attached hydrogen (secondary N) is 3. The predicted octanol–water partition coefficient (Wildman–Crippen LogP) is 19.6. The lowest BCUT2D eigenvalue weighted by Gasteiger charge is -2.17. The zero-order chi connectivity index (χ0) is 72.4. The Morgan fingerprint density at radius 3 is 1.91 bits per heavy atom. The van der Waals surface area contributed by atoms with Crippen LogP contribution in [0.2, 0.25) is 5.02 Å². The van der Waals surface area contributed by atoms with Crippen LogP contribution in [-0.2, 0) is 16.3 Å². The standard InChI is InChI=1S/C25H29N7O.C21H16ClN3S.C17H15BrN4O2S.C15H12IN3.H2S/c1-4-13-33-17-32-12-9-22(31-32)21-14-23(28-19(3)20-7-5-18(2)6-8-20)29-24(15-21)30-25-16-26-10-11-27-25;1-15-7-8-16(13-23-15)21-20(26-19-11-9-17(22)10-12-19)14-25(24-21)18-5-3-2-4-6-18;1-9-16(25-17(19-9)20-11(3)24)14-8-15(10(2)23)22(21-14)13-6-4-12(18)5-7-13;1-11-7-8-12(9-17-11)15-14(16)10-19(18-15)13-5-3-2-4-6-13;/h5-12,14-16,19H,4,13,17H2,1-3H3,(H2,27,28,29,30);2-14H,1H3;4-8H,1-3H3,(H,19,20,24);2-10H,1H3;1H2/t19-;;;;/m0..../s1. The molecule has 0 aliphatic carbocycles. The molecule has 14 rings (SSSR count). The number of carbonyl (C=O) groups is 2. The molecule has 0 aliphatic heterocycles. The minimum Gasteiger partial charge on any atom is -0.363 e. The molecule has 26 heteroatoms. The Balaban J connectivity index is 0.000000151. The fraction of sp³-hybridized carbons (Fsp3) is 0.154. The Hall–Kier alpha value is -10.0. The lowest BCUT2D eigenvalue weighted by atomic mass is 10.1. The minimum atomic E-state index is -0.176. The second kappa shape index (κ2) is 36.9. The number of thiazole rings is 1. The van der Waals surface area contributed by atoms with Crippen molar-refractivity contribution in [3.63, 3.8) is 0 Å². The molecular formula is C78H74BrClIN17O3S3. The van der Waals surface area contributed by atoms with Crippen LogP contribution in [0.4, 0.5) is 22.6 Å². The number of nitrogens with zero attached hydrogens (tertiary/aromatic N) is 14. The van der Waals surface area contributed by atoms with Crippen LogP contribution in [0.15, 0.2) is 246 Å². The highest BCUT2D eigenvalue weighted by molar-refractivity contribution is 14.1. The van der Waals surface area contributed by atoms with Crippen molar-refractivity contribution in [2.75, 3.05) is 22.6 Å². The molecule has 0 spiro atoms. The summed E-state index contributed by atoms with van der Waals surface area (Å²) in [6.45, 7) is 16.2. The van der Waals surface area contributed by atoms with Crippen molar-refractivity contribution in [1.82, 2.24) is 69.0 Å². The van der Waals surface area contributed by atoms with Crippen LogP contribution < -0.4 is 16.0 Å². The first-order valence-corrected chi connectivity index (χ1v) is 36.6. The molecule has 14 aromatic rings. The van der Waals surface area contributed by atoms with Gasteiger partial charge < -0.3 is 20.7 Å². The van der Waals surface area contributed by atoms with E-state index in [-0.39, 0.29) is 31.2 Å². The molecule has 5 aromatic carbocycles. The number of Topliss-reactive ketones (excluding diaryl/α,β-unsaturated/α-hetero) is 1. The molecule has 0 fully saturated rings. The third-order valence-electron chi connectivity index (χ3n) is 15.4. The Kier molecular flexibility index (Phi) is 27.2. The fourth-order valence-corrected chi connectivity index (χ4v) is 13.2. The van der Waals surface area contributed by atoms with Crippen LogP contribution in [-0.4, -0.2) is 87.3 Å². The lowest BCUT2D eigenvalue weighted by molar-refractivity contribution is -0.114. The molecule has 0 unspecified atom stereocenters. The van der Waals surface area contributed by atoms with Crippen molar-refractivity contribution in [1.29, 1.82) is 0 Å². The van der Waals surface area contributed by atoms with E-state index in [2.05, 4.69) is 158 Å². The number of pyridine rings is 3. The maximum Gasteiger partial charge on any atom is 0.223 e. The molecule has 528 valence electrons. The van der Waals surface area contributed by atoms with Crippen LogP contribution in [0.1, 0.15) is 78.9 Å². The van der Waals surface area contributed by atoms with Crippen molar-refractivity contribution in [2.24, 2.45) is 0 Å². The highest BCUT2D eigenvalue weighted by Crippen LogP contribution is 2.38. The van der Waals surface area contributed by atoms with Crippen molar-refractivity contribution >= 4 is 121 Å². The van der Waals surface area contributed by atoms with Gasteiger partial charge in [-0.25, -0.2) is 33.7 Å². The van der Waals surface area contributed by atoms with Crippen molar-refractivity contribution in [3.8, 4) is 61.4 Å². The number of amides is 1. The van der Waals surface area contributed by atoms with E-state index in [1.807, 2.05) is 194 Å². The quantitative estimate of drug-likeness (QED) is 0.0366. The lowest BCUT2D eigenvalue weighted by Crippen LogP contribution is -2.09. The Morgan fingerprint density at radius 2 is 1.30 bits per heavy atom. The Morgan fingerprint density at radius 1 is 0.654 bits per heavy atom. The van der Waals surface area contributed by atoms with E-state index in [0.29, 0.717) is 41.5 Å². The average Bonchev–Trinajstić information content (AvgIpc) is 1.65. The van der Waals surface area contributed by atoms with Gasteiger partial charge in [0.15, 0.2) is 10.9 Å². The molecule has 0 aliphatic rings. The van der Waals surface area contributed by atoms with Crippen molar-refractivity contribution in [2.45, 2.75) is 84.4 Å². The molecule has 3 N–H and O–H groups in total. The highest BCUT2D eigenvalue weighted by Gasteiger charge is 2.21. The van der Waals surface area contributed by atoms with Gasteiger partial charge >= 0.3 is 0 Å². The molecule has 9 heterocycles. The number of aromatic nitrogens is 14. The van der Waals surface area contributed by atoms with Crippen LogP contribution in [0, 0.1) is 31.3 Å². The van der Waals surface area contributed by atoms with E-state index in [1.165, 1.54) is 36.3 Å². The summed E-state index contributed by atoms with van der Waals surface area (Å²) in [6, 6.07) is 60.0. The minimum absolute atomic E-state index is 0. The summed E-state index contributed by atoms with van der Waals surface area (Å²) in [4.78, 5) is 52.5. The van der Waals surface area contributed by atoms with E-state index in [4.69, 9.17) is 26.4 Å². The molecule has 0 saturated carbocycles. The number of para-hydroxylation sites is 2. The number of ketones is 1. The number of hydrogen-bond donors (Lipinski definition) is 3. The van der Waals surface area contributed by atoms with Crippen molar-refractivity contribution < 1.29 is 14.3 Å². The molecule has 20 nitrogen and oxygen atoms in total. The summed E-state index contributed by atoms with van der Waals surface area (Å²) in [5.41, 5.74) is 14.9. The smallest absolute Gasteiger partial charge is 0.223 e. The predicted molar refractivity (Wildman–Crippen MR) is 433 cm³/mol. The molecular weight excluding hydrogens is 1560 g/mol. The van der Waals surface area contributed by atoms with Crippen LogP contribution in [0.5, 0.6) is 0 Å².